The SMILES string of the molecule is CC(CNc1cc(C#N)c2ccccc2n1)C1CC1. The largest absolute Gasteiger partial charge is 0.370 e. The number of para-hydroxylation sites is 1. The van der Waals surface area contributed by atoms with Crippen LogP contribution in [-0.2, 0) is 0 Å². The third-order valence-corrected chi connectivity index (χ3v) is 3.87. The number of nitrogens with one attached hydrogen (secondary N) is 1. The highest BCUT2D eigenvalue weighted by Gasteiger charge is 2.27. The maximum absolute atomic E-state index is 9.23. The fourth-order valence-electron chi connectivity index (χ4n) is 2.46. The van der Waals surface area contributed by atoms with Gasteiger partial charge in [0.05, 0.1) is 17.1 Å². The van der Waals surface area contributed by atoms with Crippen LogP contribution in [0.5, 0.6) is 0 Å². The highest BCUT2D eigenvalue weighted by molar-refractivity contribution is 5.86. The highest BCUT2D eigenvalue weighted by Crippen LogP contribution is 2.36. The molecule has 1 N–H and O–H groups in total. The van der Waals surface area contributed by atoms with Crippen LogP contribution >= 0.6 is 0 Å². The van der Waals surface area contributed by atoms with Gasteiger partial charge in [-0.1, -0.05) is 25.1 Å². The lowest BCUT2D eigenvalue weighted by Gasteiger charge is -2.12. The number of hydrogen-bond acceptors (Lipinski definition) is 3. The first kappa shape index (κ1) is 12.0. The number of nitriles is 1. The van der Waals surface area contributed by atoms with E-state index in [9.17, 15) is 5.26 Å². The van der Waals surface area contributed by atoms with Crippen molar-refractivity contribution in [3.05, 3.63) is 35.9 Å². The normalized spacial score (nSPS) is 16.0. The van der Waals surface area contributed by atoms with Crippen LogP contribution in [0.4, 0.5) is 5.82 Å². The van der Waals surface area contributed by atoms with E-state index in [1.165, 1.54) is 12.8 Å². The van der Waals surface area contributed by atoms with Crippen LogP contribution in [0.15, 0.2) is 30.3 Å². The molecule has 1 aromatic heterocycles. The Kier molecular flexibility index (Phi) is 3.08. The number of hydrogen-bond donors (Lipinski definition) is 1. The molecule has 0 amide bonds. The zero-order chi connectivity index (χ0) is 13.2. The second-order valence-corrected chi connectivity index (χ2v) is 5.38. The quantitative estimate of drug-likeness (QED) is 0.903. The van der Waals surface area contributed by atoms with Crippen molar-refractivity contribution in [1.82, 2.24) is 4.98 Å². The second kappa shape index (κ2) is 4.89. The molecule has 1 atom stereocenters. The topological polar surface area (TPSA) is 48.7 Å². The smallest absolute Gasteiger partial charge is 0.127 e. The number of rotatable bonds is 4. The molecule has 1 aliphatic carbocycles. The molecule has 1 aliphatic rings. The van der Waals surface area contributed by atoms with E-state index in [1.54, 1.807) is 0 Å². The molecule has 3 rings (SSSR count). The van der Waals surface area contributed by atoms with Crippen molar-refractivity contribution in [3.63, 3.8) is 0 Å². The van der Waals surface area contributed by atoms with Crippen LogP contribution in [0, 0.1) is 23.2 Å². The van der Waals surface area contributed by atoms with Crippen molar-refractivity contribution in [2.45, 2.75) is 19.8 Å². The molecule has 3 heteroatoms. The van der Waals surface area contributed by atoms with Crippen molar-refractivity contribution < 1.29 is 0 Å². The van der Waals surface area contributed by atoms with Crippen LogP contribution in [-0.4, -0.2) is 11.5 Å². The molecule has 1 fully saturated rings. The summed E-state index contributed by atoms with van der Waals surface area (Å²) in [6, 6.07) is 11.9. The molecular weight excluding hydrogens is 234 g/mol. The van der Waals surface area contributed by atoms with E-state index in [1.807, 2.05) is 30.3 Å². The van der Waals surface area contributed by atoms with Gasteiger partial charge in [-0.2, -0.15) is 5.26 Å². The standard InChI is InChI=1S/C16H17N3/c1-11(12-6-7-12)10-18-16-8-13(9-17)14-4-2-3-5-15(14)19-16/h2-5,8,11-12H,6-7,10H2,1H3,(H,18,19). The molecule has 2 aromatic rings. The van der Waals surface area contributed by atoms with Gasteiger partial charge < -0.3 is 5.32 Å². The minimum atomic E-state index is 0.679. The third kappa shape index (κ3) is 2.53. The molecule has 0 radical (unpaired) electrons. The Hall–Kier alpha value is -2.08. The van der Waals surface area contributed by atoms with Gasteiger partial charge in [-0.3, -0.25) is 0 Å². The fourth-order valence-corrected chi connectivity index (χ4v) is 2.46. The molecule has 0 aliphatic heterocycles. The maximum Gasteiger partial charge on any atom is 0.127 e. The van der Waals surface area contributed by atoms with Gasteiger partial charge in [-0.25, -0.2) is 4.98 Å². The molecular formula is C16H17N3. The van der Waals surface area contributed by atoms with Gasteiger partial charge in [0.15, 0.2) is 0 Å². The molecule has 1 unspecified atom stereocenters. The Labute approximate surface area is 113 Å². The molecule has 1 saturated carbocycles. The molecule has 1 heterocycles. The molecule has 0 saturated heterocycles. The summed E-state index contributed by atoms with van der Waals surface area (Å²) in [6.07, 6.45) is 2.72. The number of aromatic nitrogens is 1. The average Bonchev–Trinajstić information content (AvgIpc) is 3.28. The summed E-state index contributed by atoms with van der Waals surface area (Å²) in [4.78, 5) is 4.57. The lowest BCUT2D eigenvalue weighted by atomic mass is 10.1. The molecule has 96 valence electrons. The Balaban J connectivity index is 1.85. The van der Waals surface area contributed by atoms with E-state index < -0.39 is 0 Å². The van der Waals surface area contributed by atoms with Gasteiger partial charge in [-0.15, -0.1) is 0 Å². The summed E-state index contributed by atoms with van der Waals surface area (Å²) in [5.74, 6) is 2.37. The molecule has 1 aromatic carbocycles. The van der Waals surface area contributed by atoms with E-state index in [0.717, 1.165) is 29.2 Å². The Bertz CT molecular complexity index is 638. The molecule has 0 spiro atoms. The predicted octanol–water partition coefficient (Wildman–Crippen LogP) is 3.56. The first-order valence-electron chi connectivity index (χ1n) is 6.81. The van der Waals surface area contributed by atoms with Crippen LogP contribution in [0.25, 0.3) is 10.9 Å². The molecule has 0 bridgehead atoms. The Morgan fingerprint density at radius 3 is 2.95 bits per heavy atom. The Morgan fingerprint density at radius 1 is 1.42 bits per heavy atom. The van der Waals surface area contributed by atoms with Gasteiger partial charge in [0, 0.05) is 11.9 Å². The zero-order valence-electron chi connectivity index (χ0n) is 11.1. The van der Waals surface area contributed by atoms with Crippen molar-refractivity contribution in [2.75, 3.05) is 11.9 Å². The maximum atomic E-state index is 9.23. The van der Waals surface area contributed by atoms with E-state index >= 15 is 0 Å². The predicted molar refractivity (Wildman–Crippen MR) is 76.8 cm³/mol. The number of benzene rings is 1. The summed E-state index contributed by atoms with van der Waals surface area (Å²) in [5.41, 5.74) is 1.57. The van der Waals surface area contributed by atoms with Crippen LogP contribution in [0.3, 0.4) is 0 Å². The Morgan fingerprint density at radius 2 is 2.21 bits per heavy atom. The van der Waals surface area contributed by atoms with Crippen molar-refractivity contribution in [1.29, 1.82) is 5.26 Å². The van der Waals surface area contributed by atoms with E-state index in [0.29, 0.717) is 11.5 Å². The average molecular weight is 251 g/mol. The molecule has 19 heavy (non-hydrogen) atoms. The first-order valence-corrected chi connectivity index (χ1v) is 6.81. The summed E-state index contributed by atoms with van der Waals surface area (Å²) in [7, 11) is 0. The second-order valence-electron chi connectivity index (χ2n) is 5.38. The van der Waals surface area contributed by atoms with Gasteiger partial charge in [0.1, 0.15) is 5.82 Å². The monoisotopic (exact) mass is 251 g/mol. The third-order valence-electron chi connectivity index (χ3n) is 3.87. The number of anilines is 1. The summed E-state index contributed by atoms with van der Waals surface area (Å²) < 4.78 is 0. The summed E-state index contributed by atoms with van der Waals surface area (Å²) >= 11 is 0. The number of pyridine rings is 1. The van der Waals surface area contributed by atoms with E-state index in [-0.39, 0.29) is 0 Å². The summed E-state index contributed by atoms with van der Waals surface area (Å²) in [6.45, 7) is 3.21. The van der Waals surface area contributed by atoms with Gasteiger partial charge in [0.2, 0.25) is 0 Å². The summed E-state index contributed by atoms with van der Waals surface area (Å²) in [5, 5.41) is 13.5. The van der Waals surface area contributed by atoms with E-state index in [2.05, 4.69) is 23.3 Å². The zero-order valence-corrected chi connectivity index (χ0v) is 11.1. The number of fused-ring (bicyclic) bond motifs is 1. The van der Waals surface area contributed by atoms with Crippen LogP contribution < -0.4 is 5.32 Å². The minimum absolute atomic E-state index is 0.679. The fraction of sp³-hybridized carbons (Fsp3) is 0.375. The first-order chi connectivity index (χ1) is 9.28. The van der Waals surface area contributed by atoms with Crippen molar-refractivity contribution in [3.8, 4) is 6.07 Å². The van der Waals surface area contributed by atoms with Gasteiger partial charge >= 0.3 is 0 Å². The number of nitrogens with zero attached hydrogens (tertiary/aromatic N) is 2. The van der Waals surface area contributed by atoms with Crippen molar-refractivity contribution in [2.24, 2.45) is 11.8 Å². The van der Waals surface area contributed by atoms with E-state index in [4.69, 9.17) is 0 Å². The molecule has 3 nitrogen and oxygen atoms in total. The van der Waals surface area contributed by atoms with Crippen LogP contribution in [0.2, 0.25) is 0 Å². The highest BCUT2D eigenvalue weighted by atomic mass is 15.0. The lowest BCUT2D eigenvalue weighted by Crippen LogP contribution is -2.13. The van der Waals surface area contributed by atoms with Crippen molar-refractivity contribution >= 4 is 16.7 Å². The van der Waals surface area contributed by atoms with Gasteiger partial charge in [-0.05, 0) is 36.8 Å². The lowest BCUT2D eigenvalue weighted by molar-refractivity contribution is 0.536. The minimum Gasteiger partial charge on any atom is -0.370 e. The van der Waals surface area contributed by atoms with Gasteiger partial charge in [0.25, 0.3) is 0 Å². The van der Waals surface area contributed by atoms with Crippen LogP contribution in [0.1, 0.15) is 25.3 Å².